The molecule has 8 nitrogen and oxygen atoms in total. The quantitative estimate of drug-likeness (QED) is 0.551. The summed E-state index contributed by atoms with van der Waals surface area (Å²) >= 11 is 0.782. The summed E-state index contributed by atoms with van der Waals surface area (Å²) in [6.45, 7) is -0.364. The predicted octanol–water partition coefficient (Wildman–Crippen LogP) is 3.63. The second-order valence-electron chi connectivity index (χ2n) is 8.97. The first-order valence-electron chi connectivity index (χ1n) is 11.9. The zero-order chi connectivity index (χ0) is 24.1. The predicted molar refractivity (Wildman–Crippen MR) is 129 cm³/mol. The molecule has 34 heavy (non-hydrogen) atoms. The third-order valence-corrected chi connectivity index (χ3v) is 7.34. The van der Waals surface area contributed by atoms with Gasteiger partial charge in [0, 0.05) is 12.1 Å². The average molecular weight is 488 g/mol. The molecule has 4 rings (SSSR count). The number of hydrogen-bond acceptors (Lipinski definition) is 6. The van der Waals surface area contributed by atoms with Gasteiger partial charge in [-0.05, 0) is 49.3 Å². The summed E-state index contributed by atoms with van der Waals surface area (Å²) in [6, 6.07) is 5.89. The van der Waals surface area contributed by atoms with Gasteiger partial charge in [-0.1, -0.05) is 44.2 Å². The summed E-state index contributed by atoms with van der Waals surface area (Å²) in [5.41, 5.74) is 6.07. The molecule has 0 radical (unpaired) electrons. The zero-order valence-corrected chi connectivity index (χ0v) is 19.8. The molecule has 2 aliphatic carbocycles. The summed E-state index contributed by atoms with van der Waals surface area (Å²) in [7, 11) is 0. The van der Waals surface area contributed by atoms with Crippen molar-refractivity contribution in [2.24, 2.45) is 0 Å². The molecule has 2 aliphatic rings. The third kappa shape index (κ3) is 5.55. The lowest BCUT2D eigenvalue weighted by atomic mass is 9.95. The van der Waals surface area contributed by atoms with E-state index in [0.717, 1.165) is 74.2 Å². The molecule has 2 aromatic rings. The van der Waals surface area contributed by atoms with Crippen LogP contribution in [0.2, 0.25) is 0 Å². The van der Waals surface area contributed by atoms with Crippen LogP contribution in [0.1, 0.15) is 77.9 Å². The molecule has 0 aliphatic heterocycles. The van der Waals surface area contributed by atoms with Crippen LogP contribution >= 0.6 is 11.5 Å². The van der Waals surface area contributed by atoms with E-state index in [1.807, 2.05) is 0 Å². The van der Waals surface area contributed by atoms with Gasteiger partial charge < -0.3 is 16.4 Å². The van der Waals surface area contributed by atoms with Crippen LogP contribution in [-0.2, 0) is 4.79 Å². The van der Waals surface area contributed by atoms with Crippen LogP contribution in [0.4, 0.5) is 15.8 Å². The number of halogens is 1. The summed E-state index contributed by atoms with van der Waals surface area (Å²) in [5.74, 6) is -2.10. The van der Waals surface area contributed by atoms with Gasteiger partial charge in [-0.25, -0.2) is 4.39 Å². The molecular weight excluding hydrogens is 457 g/mol. The van der Waals surface area contributed by atoms with E-state index in [2.05, 4.69) is 15.0 Å². The van der Waals surface area contributed by atoms with Crippen molar-refractivity contribution in [3.8, 4) is 0 Å². The summed E-state index contributed by atoms with van der Waals surface area (Å²) in [6.07, 6.45) is 8.94. The van der Waals surface area contributed by atoms with Crippen molar-refractivity contribution in [1.82, 2.24) is 15.0 Å². The Labute approximate surface area is 202 Å². The van der Waals surface area contributed by atoms with E-state index < -0.39 is 17.6 Å². The molecule has 0 atom stereocenters. The second kappa shape index (κ2) is 10.9. The van der Waals surface area contributed by atoms with Crippen molar-refractivity contribution >= 4 is 40.6 Å². The first-order valence-corrected chi connectivity index (χ1v) is 12.6. The highest BCUT2D eigenvalue weighted by Gasteiger charge is 2.30. The van der Waals surface area contributed by atoms with E-state index in [1.54, 1.807) is 6.07 Å². The van der Waals surface area contributed by atoms with Gasteiger partial charge in [-0.15, -0.1) is 0 Å². The van der Waals surface area contributed by atoms with Crippen molar-refractivity contribution in [2.45, 2.75) is 69.9 Å². The number of nitrogens with one attached hydrogen (secondary N) is 2. The maximum atomic E-state index is 14.6. The van der Waals surface area contributed by atoms with Crippen molar-refractivity contribution in [3.63, 3.8) is 0 Å². The van der Waals surface area contributed by atoms with E-state index in [1.165, 1.54) is 18.2 Å². The fraction of sp³-hybridized carbons (Fsp3) is 0.500. The monoisotopic (exact) mass is 487 g/mol. The maximum absolute atomic E-state index is 14.6. The molecule has 3 amide bonds. The van der Waals surface area contributed by atoms with Crippen LogP contribution in [0.3, 0.4) is 0 Å². The fourth-order valence-corrected chi connectivity index (χ4v) is 5.41. The van der Waals surface area contributed by atoms with Crippen molar-refractivity contribution in [3.05, 3.63) is 40.7 Å². The molecule has 1 aromatic heterocycles. The summed E-state index contributed by atoms with van der Waals surface area (Å²) in [5, 5.41) is 5.87. The number of carbonyl (C=O) groups is 3. The number of para-hydroxylation sites is 1. The van der Waals surface area contributed by atoms with E-state index >= 15 is 0 Å². The van der Waals surface area contributed by atoms with Gasteiger partial charge >= 0.3 is 0 Å². The largest absolute Gasteiger partial charge is 0.395 e. The Morgan fingerprint density at radius 1 is 1.00 bits per heavy atom. The number of benzene rings is 1. The van der Waals surface area contributed by atoms with Gasteiger partial charge in [-0.3, -0.25) is 19.3 Å². The van der Waals surface area contributed by atoms with Crippen molar-refractivity contribution in [2.75, 3.05) is 17.2 Å². The second-order valence-corrected chi connectivity index (χ2v) is 9.75. The normalized spacial score (nSPS) is 16.9. The van der Waals surface area contributed by atoms with Crippen molar-refractivity contribution in [1.29, 1.82) is 0 Å². The van der Waals surface area contributed by atoms with Crippen molar-refractivity contribution < 1.29 is 18.8 Å². The molecule has 4 N–H and O–H groups in total. The molecular formula is C24H30FN5O3S. The molecule has 0 saturated heterocycles. The summed E-state index contributed by atoms with van der Waals surface area (Å²) in [4.78, 5) is 40.0. The Bertz CT molecular complexity index is 1050. The van der Waals surface area contributed by atoms with Gasteiger partial charge in [-0.2, -0.15) is 4.37 Å². The van der Waals surface area contributed by atoms with E-state index in [4.69, 9.17) is 5.73 Å². The molecule has 182 valence electrons. The number of nitrogens with zero attached hydrogens (tertiary/aromatic N) is 2. The van der Waals surface area contributed by atoms with E-state index in [0.29, 0.717) is 0 Å². The first kappa shape index (κ1) is 24.1. The lowest BCUT2D eigenvalue weighted by Gasteiger charge is -2.23. The molecule has 1 heterocycles. The number of hydrogen-bond donors (Lipinski definition) is 3. The smallest absolute Gasteiger partial charge is 0.273 e. The number of nitrogen functional groups attached to an aromatic ring is 1. The molecule has 2 fully saturated rings. The summed E-state index contributed by atoms with van der Waals surface area (Å²) < 4.78 is 18.8. The zero-order valence-electron chi connectivity index (χ0n) is 19.0. The first-order chi connectivity index (χ1) is 16.4. The van der Waals surface area contributed by atoms with E-state index in [9.17, 15) is 18.8 Å². The fourth-order valence-electron chi connectivity index (χ4n) is 4.66. The highest BCUT2D eigenvalue weighted by atomic mass is 32.1. The van der Waals surface area contributed by atoms with Crippen LogP contribution in [0, 0.1) is 5.82 Å². The number of amides is 3. The van der Waals surface area contributed by atoms with Gasteiger partial charge in [0.05, 0.1) is 11.4 Å². The van der Waals surface area contributed by atoms with Crippen LogP contribution in [0.5, 0.6) is 0 Å². The van der Waals surface area contributed by atoms with Crippen LogP contribution in [0.25, 0.3) is 0 Å². The Morgan fingerprint density at radius 2 is 1.62 bits per heavy atom. The Balaban J connectivity index is 1.54. The minimum Gasteiger partial charge on any atom is -0.395 e. The Hall–Kier alpha value is -3.01. The lowest BCUT2D eigenvalue weighted by Crippen LogP contribution is -2.44. The van der Waals surface area contributed by atoms with E-state index in [-0.39, 0.29) is 46.5 Å². The highest BCUT2D eigenvalue weighted by Crippen LogP contribution is 2.28. The van der Waals surface area contributed by atoms with Crippen LogP contribution in [-0.4, -0.2) is 40.7 Å². The molecule has 0 spiro atoms. The third-order valence-electron chi connectivity index (χ3n) is 6.49. The number of carbonyl (C=O) groups excluding carboxylic acids is 3. The minimum atomic E-state index is -0.668. The highest BCUT2D eigenvalue weighted by molar-refractivity contribution is 7.09. The van der Waals surface area contributed by atoms with Gasteiger partial charge in [0.15, 0.2) is 5.69 Å². The Morgan fingerprint density at radius 3 is 2.29 bits per heavy atom. The number of rotatable bonds is 7. The molecule has 2 saturated carbocycles. The maximum Gasteiger partial charge on any atom is 0.273 e. The number of anilines is 2. The molecule has 1 aromatic carbocycles. The van der Waals surface area contributed by atoms with Crippen LogP contribution in [0.15, 0.2) is 24.3 Å². The standard InChI is InChI=1S/C24H30FN5O3S/c25-17-12-6-7-13-18(17)30(14-19(31)27-15-10-4-5-11-15)24(33)22-20(26)21(29-34-22)23(32)28-16-8-2-1-3-9-16/h6-7,12-13,15-16H,1-5,8-11,14,26H2,(H,27,31)(H,28,32). The number of nitrogens with two attached hydrogens (primary N) is 1. The lowest BCUT2D eigenvalue weighted by molar-refractivity contribution is -0.120. The minimum absolute atomic E-state index is 0.00529. The molecule has 0 unspecified atom stereocenters. The Kier molecular flexibility index (Phi) is 7.77. The molecule has 10 heteroatoms. The number of aromatic nitrogens is 1. The van der Waals surface area contributed by atoms with Gasteiger partial charge in [0.25, 0.3) is 11.8 Å². The van der Waals surface area contributed by atoms with Gasteiger partial charge in [0.2, 0.25) is 5.91 Å². The topological polar surface area (TPSA) is 117 Å². The SMILES string of the molecule is Nc1c(C(=O)NC2CCCCC2)nsc1C(=O)N(CC(=O)NC1CCCC1)c1ccccc1F. The van der Waals surface area contributed by atoms with Gasteiger partial charge in [0.1, 0.15) is 17.2 Å². The molecule has 0 bridgehead atoms. The van der Waals surface area contributed by atoms with Crippen LogP contribution < -0.4 is 21.3 Å². The average Bonchev–Trinajstić information content (AvgIpc) is 3.48.